The van der Waals surface area contributed by atoms with Crippen LogP contribution in [0.5, 0.6) is 11.5 Å². The number of phenols is 1. The first-order valence-corrected chi connectivity index (χ1v) is 16.3. The van der Waals surface area contributed by atoms with Gasteiger partial charge in [-0.1, -0.05) is 54.6 Å². The summed E-state index contributed by atoms with van der Waals surface area (Å²) in [4.78, 5) is 27.8. The standard InChI is InChI=1S/C38H36FNO10/c39-24-12-10-23(11-13-24)38(48)17-15-37(16-18-38)33(40(36(37)47)25-6-2-1-3-7-25)27-14-9-22(21-5-4-8-26(41)19-21)20-28(27)49-35-31(44)29(42)30(43)32(50-35)34(45)46/h1-14,19-20,29-33,35,41-44,48H,15-18H2,(H,45,46)/t29-,30+,31?,32?,33+,35+,37?,38?/m0/s1. The fraction of sp³-hybridized carbons (Fsp3) is 0.316. The average molecular weight is 686 g/mol. The SMILES string of the molecule is O=C(O)C1O[C@@H](Oc2cc(-c3cccc(O)c3)ccc2[C@H]2N(c3ccccc3)C(=O)C23CCC(O)(c2ccc(F)cc2)CC3)C(O)[C@@H](O)[C@H]1O. The number of carboxylic acid groups (broad SMARTS) is 1. The molecule has 260 valence electrons. The number of para-hydroxylation sites is 1. The predicted molar refractivity (Wildman–Crippen MR) is 176 cm³/mol. The number of benzene rings is 4. The summed E-state index contributed by atoms with van der Waals surface area (Å²) in [5.74, 6) is -2.06. The molecule has 3 aliphatic rings. The van der Waals surface area contributed by atoms with E-state index in [1.807, 2.05) is 6.07 Å². The zero-order valence-corrected chi connectivity index (χ0v) is 26.7. The topological polar surface area (TPSA) is 177 Å². The van der Waals surface area contributed by atoms with Crippen molar-refractivity contribution in [3.05, 3.63) is 114 Å². The van der Waals surface area contributed by atoms with Crippen LogP contribution >= 0.6 is 0 Å². The van der Waals surface area contributed by atoms with E-state index in [1.165, 1.54) is 24.3 Å². The lowest BCUT2D eigenvalue weighted by Gasteiger charge is -2.59. The largest absolute Gasteiger partial charge is 0.508 e. The van der Waals surface area contributed by atoms with Crippen molar-refractivity contribution in [1.29, 1.82) is 0 Å². The predicted octanol–water partition coefficient (Wildman–Crippen LogP) is 4.01. The summed E-state index contributed by atoms with van der Waals surface area (Å²) in [6.45, 7) is 0. The quantitative estimate of drug-likeness (QED) is 0.156. The molecule has 0 aromatic heterocycles. The van der Waals surface area contributed by atoms with Crippen molar-refractivity contribution in [2.75, 3.05) is 4.90 Å². The molecule has 4 aromatic carbocycles. The fourth-order valence-corrected chi connectivity index (χ4v) is 7.59. The number of amides is 1. The van der Waals surface area contributed by atoms with E-state index in [1.54, 1.807) is 71.6 Å². The molecule has 2 heterocycles. The van der Waals surface area contributed by atoms with Crippen LogP contribution in [0.3, 0.4) is 0 Å². The highest BCUT2D eigenvalue weighted by Gasteiger charge is 2.64. The zero-order valence-electron chi connectivity index (χ0n) is 26.7. The van der Waals surface area contributed by atoms with Gasteiger partial charge in [0.05, 0.1) is 17.1 Å². The number of aliphatic hydroxyl groups is 4. The summed E-state index contributed by atoms with van der Waals surface area (Å²) in [5, 5.41) is 63.2. The van der Waals surface area contributed by atoms with E-state index in [0.29, 0.717) is 27.9 Å². The molecule has 1 spiro atoms. The maximum Gasteiger partial charge on any atom is 0.335 e. The van der Waals surface area contributed by atoms with Crippen LogP contribution < -0.4 is 9.64 Å². The molecule has 0 radical (unpaired) electrons. The molecule has 2 saturated heterocycles. The molecule has 6 atom stereocenters. The molecule has 2 unspecified atom stereocenters. The van der Waals surface area contributed by atoms with Crippen LogP contribution in [0.15, 0.2) is 97.1 Å². The van der Waals surface area contributed by atoms with Crippen molar-refractivity contribution in [2.45, 2.75) is 68.0 Å². The first-order chi connectivity index (χ1) is 23.9. The first kappa shape index (κ1) is 33.6. The van der Waals surface area contributed by atoms with Crippen LogP contribution in [0, 0.1) is 11.2 Å². The van der Waals surface area contributed by atoms with E-state index in [4.69, 9.17) is 9.47 Å². The molecular weight excluding hydrogens is 649 g/mol. The van der Waals surface area contributed by atoms with Gasteiger partial charge in [-0.2, -0.15) is 0 Å². The highest BCUT2D eigenvalue weighted by Crippen LogP contribution is 2.62. The zero-order chi connectivity index (χ0) is 35.4. The number of aliphatic carboxylic acids is 1. The molecule has 2 aliphatic heterocycles. The van der Waals surface area contributed by atoms with E-state index >= 15 is 0 Å². The van der Waals surface area contributed by atoms with Crippen molar-refractivity contribution in [3.8, 4) is 22.6 Å². The van der Waals surface area contributed by atoms with Gasteiger partial charge in [0.25, 0.3) is 0 Å². The lowest BCUT2D eigenvalue weighted by Crippen LogP contribution is -2.65. The average Bonchev–Trinajstić information content (AvgIpc) is 3.11. The number of ether oxygens (including phenoxy) is 2. The second-order valence-corrected chi connectivity index (χ2v) is 13.3. The number of aromatic hydroxyl groups is 1. The van der Waals surface area contributed by atoms with E-state index in [0.717, 1.165) is 0 Å². The number of carbonyl (C=O) groups excluding carboxylic acids is 1. The Morgan fingerprint density at radius 3 is 2.16 bits per heavy atom. The number of carboxylic acids is 1. The summed E-state index contributed by atoms with van der Waals surface area (Å²) in [6.07, 6.45) is -8.40. The second-order valence-electron chi connectivity index (χ2n) is 13.3. The highest BCUT2D eigenvalue weighted by atomic mass is 19.1. The Bertz CT molecular complexity index is 1900. The number of rotatable bonds is 7. The number of nitrogens with zero attached hydrogens (tertiary/aromatic N) is 1. The first-order valence-electron chi connectivity index (χ1n) is 16.3. The van der Waals surface area contributed by atoms with E-state index in [-0.39, 0.29) is 43.1 Å². The maximum absolute atomic E-state index is 14.3. The van der Waals surface area contributed by atoms with Crippen LogP contribution in [-0.4, -0.2) is 73.2 Å². The number of β-lactam (4-membered cyclic amide) rings is 1. The fourth-order valence-electron chi connectivity index (χ4n) is 7.59. The van der Waals surface area contributed by atoms with E-state index < -0.39 is 59.6 Å². The Labute approximate surface area is 286 Å². The highest BCUT2D eigenvalue weighted by molar-refractivity contribution is 6.06. The molecule has 7 rings (SSSR count). The smallest absolute Gasteiger partial charge is 0.335 e. The van der Waals surface area contributed by atoms with Gasteiger partial charge in [-0.3, -0.25) is 4.79 Å². The third kappa shape index (κ3) is 5.68. The molecule has 50 heavy (non-hydrogen) atoms. The van der Waals surface area contributed by atoms with Crippen LogP contribution in [0.2, 0.25) is 0 Å². The summed E-state index contributed by atoms with van der Waals surface area (Å²) in [6, 6.07) is 25.6. The Hall–Kier alpha value is -4.85. The minimum absolute atomic E-state index is 0.0103. The Kier molecular flexibility index (Phi) is 8.61. The number of carbonyl (C=O) groups is 2. The van der Waals surface area contributed by atoms with Crippen molar-refractivity contribution in [1.82, 2.24) is 0 Å². The van der Waals surface area contributed by atoms with Gasteiger partial charge in [0.15, 0.2) is 6.10 Å². The number of phenolic OH excluding ortho intramolecular Hbond substituents is 1. The van der Waals surface area contributed by atoms with Gasteiger partial charge in [-0.05, 0) is 84.8 Å². The van der Waals surface area contributed by atoms with Crippen molar-refractivity contribution in [2.24, 2.45) is 5.41 Å². The van der Waals surface area contributed by atoms with Crippen LogP contribution in [0.4, 0.5) is 10.1 Å². The van der Waals surface area contributed by atoms with Crippen LogP contribution in [-0.2, 0) is 19.9 Å². The minimum atomic E-state index is -1.93. The summed E-state index contributed by atoms with van der Waals surface area (Å²) in [7, 11) is 0. The Morgan fingerprint density at radius 2 is 1.50 bits per heavy atom. The monoisotopic (exact) mass is 685 g/mol. The molecular formula is C38H36FNO10. The second kappa shape index (κ2) is 12.8. The Balaban J connectivity index is 1.32. The third-order valence-electron chi connectivity index (χ3n) is 10.4. The van der Waals surface area contributed by atoms with Gasteiger partial charge < -0.3 is 45.0 Å². The minimum Gasteiger partial charge on any atom is -0.508 e. The van der Waals surface area contributed by atoms with Crippen molar-refractivity contribution < 1.29 is 54.1 Å². The number of hydrogen-bond acceptors (Lipinski definition) is 9. The van der Waals surface area contributed by atoms with E-state index in [9.17, 15) is 44.6 Å². The Morgan fingerprint density at radius 1 is 0.820 bits per heavy atom. The molecule has 1 saturated carbocycles. The van der Waals surface area contributed by atoms with Gasteiger partial charge in [0.2, 0.25) is 12.2 Å². The van der Waals surface area contributed by atoms with Crippen LogP contribution in [0.1, 0.15) is 42.9 Å². The van der Waals surface area contributed by atoms with Crippen LogP contribution in [0.25, 0.3) is 11.1 Å². The van der Waals surface area contributed by atoms with Crippen molar-refractivity contribution in [3.63, 3.8) is 0 Å². The van der Waals surface area contributed by atoms with Crippen molar-refractivity contribution >= 4 is 17.6 Å². The molecule has 1 amide bonds. The number of anilines is 1. The normalized spacial score (nSPS) is 30.9. The molecule has 3 fully saturated rings. The lowest BCUT2D eigenvalue weighted by molar-refractivity contribution is -0.271. The number of halogens is 1. The molecule has 1 aliphatic carbocycles. The summed E-state index contributed by atoms with van der Waals surface area (Å²) in [5.41, 5.74) is 0.499. The van der Waals surface area contributed by atoms with Gasteiger partial charge in [0, 0.05) is 11.3 Å². The van der Waals surface area contributed by atoms with Gasteiger partial charge in [0.1, 0.15) is 35.6 Å². The number of hydrogen-bond donors (Lipinski definition) is 6. The molecule has 0 bridgehead atoms. The molecule has 4 aromatic rings. The summed E-state index contributed by atoms with van der Waals surface area (Å²) < 4.78 is 25.4. The van der Waals surface area contributed by atoms with Gasteiger partial charge in [-0.15, -0.1) is 0 Å². The number of aliphatic hydroxyl groups excluding tert-OH is 3. The molecule has 6 N–H and O–H groups in total. The summed E-state index contributed by atoms with van der Waals surface area (Å²) >= 11 is 0. The molecule has 12 heteroatoms. The maximum atomic E-state index is 14.3. The van der Waals surface area contributed by atoms with Gasteiger partial charge in [-0.25, -0.2) is 9.18 Å². The molecule has 11 nitrogen and oxygen atoms in total. The van der Waals surface area contributed by atoms with E-state index in [2.05, 4.69) is 0 Å². The lowest BCUT2D eigenvalue weighted by atomic mass is 9.56. The van der Waals surface area contributed by atoms with Gasteiger partial charge >= 0.3 is 5.97 Å². The third-order valence-corrected chi connectivity index (χ3v) is 10.4.